The molecule has 0 aliphatic heterocycles. The van der Waals surface area contributed by atoms with Crippen LogP contribution in [-0.4, -0.2) is 12.1 Å². The summed E-state index contributed by atoms with van der Waals surface area (Å²) in [7, 11) is 0. The summed E-state index contributed by atoms with van der Waals surface area (Å²) in [6.07, 6.45) is 1.39. The van der Waals surface area contributed by atoms with Gasteiger partial charge >= 0.3 is 12.1 Å². The Morgan fingerprint density at radius 3 is 1.31 bits per heavy atom. The Morgan fingerprint density at radius 1 is 0.528 bits per heavy atom. The maximum Gasteiger partial charge on any atom is 0.323 e. The molecule has 4 N–H and O–H groups in total. The summed E-state index contributed by atoms with van der Waals surface area (Å²) in [4.78, 5) is 25.2. The fourth-order valence-corrected chi connectivity index (χ4v) is 3.93. The minimum Gasteiger partial charge on any atom is -0.308 e. The van der Waals surface area contributed by atoms with Gasteiger partial charge in [-0.3, -0.25) is 0 Å². The van der Waals surface area contributed by atoms with Crippen LogP contribution in [0.15, 0.2) is 97.1 Å². The van der Waals surface area contributed by atoms with Gasteiger partial charge in [0.25, 0.3) is 0 Å². The van der Waals surface area contributed by atoms with E-state index in [0.29, 0.717) is 12.8 Å². The van der Waals surface area contributed by atoms with Crippen molar-refractivity contribution in [3.05, 3.63) is 119 Å². The molecule has 0 bridgehead atoms. The third kappa shape index (κ3) is 6.96. The van der Waals surface area contributed by atoms with Crippen LogP contribution in [0.5, 0.6) is 0 Å². The van der Waals surface area contributed by atoms with Gasteiger partial charge in [0.05, 0.1) is 0 Å². The van der Waals surface area contributed by atoms with Crippen LogP contribution in [0.4, 0.5) is 32.3 Å². The number of anilines is 4. The molecule has 4 amide bonds. The maximum atomic E-state index is 12.6. The quantitative estimate of drug-likeness (QED) is 0.224. The number of hydrogen-bond acceptors (Lipinski definition) is 2. The van der Waals surface area contributed by atoms with Crippen LogP contribution >= 0.6 is 0 Å². The number of carbonyl (C=O) groups excluding carboxylic acids is 2. The first kappa shape index (κ1) is 24.5. The van der Waals surface area contributed by atoms with Crippen molar-refractivity contribution in [3.8, 4) is 0 Å². The lowest BCUT2D eigenvalue weighted by molar-refractivity contribution is 0.261. The zero-order valence-corrected chi connectivity index (χ0v) is 20.5. The highest BCUT2D eigenvalue weighted by Crippen LogP contribution is 2.24. The summed E-state index contributed by atoms with van der Waals surface area (Å²) in [5, 5.41) is 11.7. The largest absolute Gasteiger partial charge is 0.323 e. The van der Waals surface area contributed by atoms with Crippen LogP contribution in [0, 0.1) is 13.8 Å². The number of urea groups is 2. The number of rotatable bonds is 7. The van der Waals surface area contributed by atoms with Crippen LogP contribution in [0.2, 0.25) is 0 Å². The van der Waals surface area contributed by atoms with Gasteiger partial charge in [-0.2, -0.15) is 0 Å². The molecule has 36 heavy (non-hydrogen) atoms. The van der Waals surface area contributed by atoms with Crippen molar-refractivity contribution in [2.24, 2.45) is 0 Å². The Bertz CT molecular complexity index is 1230. The molecule has 0 radical (unpaired) electrons. The lowest BCUT2D eigenvalue weighted by Crippen LogP contribution is -2.21. The zero-order chi connectivity index (χ0) is 25.3. The van der Waals surface area contributed by atoms with Gasteiger partial charge in [-0.25, -0.2) is 9.59 Å². The second kappa shape index (κ2) is 11.7. The smallest absolute Gasteiger partial charge is 0.308 e. The predicted octanol–water partition coefficient (Wildman–Crippen LogP) is 7.38. The Morgan fingerprint density at radius 2 is 0.917 bits per heavy atom. The lowest BCUT2D eigenvalue weighted by Gasteiger charge is -2.16. The number of benzene rings is 4. The standard InChI is InChI=1S/C30H30N4O2/c1-21-13-15-23(27(19-21)33-29(35)31-25-9-5-3-6-10-25)17-18-24-16-14-22(2)20-28(24)34-30(36)32-26-11-7-4-8-12-26/h3-16,19-20H,17-18H2,1-2H3,(H2,31,33,35)(H2,32,34,36). The lowest BCUT2D eigenvalue weighted by atomic mass is 9.99. The molecular weight excluding hydrogens is 448 g/mol. The van der Waals surface area contributed by atoms with Gasteiger partial charge in [0, 0.05) is 22.7 Å². The molecular formula is C30H30N4O2. The average Bonchev–Trinajstić information content (AvgIpc) is 2.85. The third-order valence-electron chi connectivity index (χ3n) is 5.75. The van der Waals surface area contributed by atoms with E-state index in [4.69, 9.17) is 0 Å². The van der Waals surface area contributed by atoms with Gasteiger partial charge in [0.2, 0.25) is 0 Å². The molecule has 0 aliphatic carbocycles. The van der Waals surface area contributed by atoms with E-state index in [2.05, 4.69) is 21.3 Å². The highest BCUT2D eigenvalue weighted by atomic mass is 16.2. The molecule has 0 unspecified atom stereocenters. The summed E-state index contributed by atoms with van der Waals surface area (Å²) in [5.74, 6) is 0. The van der Waals surface area contributed by atoms with E-state index in [0.717, 1.165) is 45.0 Å². The molecule has 0 aromatic heterocycles. The molecule has 182 valence electrons. The first-order valence-electron chi connectivity index (χ1n) is 11.9. The van der Waals surface area contributed by atoms with Crippen molar-refractivity contribution in [2.45, 2.75) is 26.7 Å². The van der Waals surface area contributed by atoms with E-state index >= 15 is 0 Å². The SMILES string of the molecule is Cc1ccc(CCc2ccc(C)cc2NC(=O)Nc2ccccc2)c(NC(=O)Nc2ccccc2)c1. The van der Waals surface area contributed by atoms with Crippen LogP contribution in [-0.2, 0) is 12.8 Å². The Hall–Kier alpha value is -4.58. The maximum absolute atomic E-state index is 12.6. The van der Waals surface area contributed by atoms with Gasteiger partial charge in [0.15, 0.2) is 0 Å². The van der Waals surface area contributed by atoms with Crippen molar-refractivity contribution in [3.63, 3.8) is 0 Å². The number of carbonyl (C=O) groups is 2. The topological polar surface area (TPSA) is 82.3 Å². The van der Waals surface area contributed by atoms with E-state index in [1.807, 2.05) is 111 Å². The highest BCUT2D eigenvalue weighted by Gasteiger charge is 2.11. The fraction of sp³-hybridized carbons (Fsp3) is 0.133. The third-order valence-corrected chi connectivity index (χ3v) is 5.75. The van der Waals surface area contributed by atoms with E-state index in [9.17, 15) is 9.59 Å². The molecule has 4 aromatic rings. The number of hydrogen-bond donors (Lipinski definition) is 4. The molecule has 0 saturated heterocycles. The summed E-state index contributed by atoms with van der Waals surface area (Å²) < 4.78 is 0. The molecule has 6 nitrogen and oxygen atoms in total. The second-order valence-corrected chi connectivity index (χ2v) is 8.71. The van der Waals surface area contributed by atoms with Gasteiger partial charge in [0.1, 0.15) is 0 Å². The van der Waals surface area contributed by atoms with E-state index in [1.165, 1.54) is 0 Å². The molecule has 0 heterocycles. The van der Waals surface area contributed by atoms with Crippen LogP contribution in [0.25, 0.3) is 0 Å². The monoisotopic (exact) mass is 478 g/mol. The van der Waals surface area contributed by atoms with Crippen molar-refractivity contribution in [1.82, 2.24) is 0 Å². The minimum atomic E-state index is -0.289. The number of amides is 4. The molecule has 0 aliphatic rings. The predicted molar refractivity (Wildman–Crippen MR) is 148 cm³/mol. The summed E-state index contributed by atoms with van der Waals surface area (Å²) in [6, 6.07) is 30.2. The molecule has 0 atom stereocenters. The first-order chi connectivity index (χ1) is 17.5. The van der Waals surface area contributed by atoms with Gasteiger partial charge < -0.3 is 21.3 Å². The minimum absolute atomic E-state index is 0.289. The first-order valence-corrected chi connectivity index (χ1v) is 11.9. The molecule has 6 heteroatoms. The van der Waals surface area contributed by atoms with Gasteiger partial charge in [-0.15, -0.1) is 0 Å². The second-order valence-electron chi connectivity index (χ2n) is 8.71. The molecule has 0 spiro atoms. The summed E-state index contributed by atoms with van der Waals surface area (Å²) in [6.45, 7) is 3.99. The van der Waals surface area contributed by atoms with Crippen molar-refractivity contribution in [2.75, 3.05) is 21.3 Å². The van der Waals surface area contributed by atoms with Crippen molar-refractivity contribution >= 4 is 34.8 Å². The molecule has 0 saturated carbocycles. The molecule has 4 rings (SSSR count). The number of para-hydroxylation sites is 2. The van der Waals surface area contributed by atoms with Crippen LogP contribution in [0.3, 0.4) is 0 Å². The average molecular weight is 479 g/mol. The normalized spacial score (nSPS) is 10.4. The Labute approximate surface area is 211 Å². The number of nitrogens with one attached hydrogen (secondary N) is 4. The molecule has 0 fully saturated rings. The van der Waals surface area contributed by atoms with Gasteiger partial charge in [-0.1, -0.05) is 60.7 Å². The Kier molecular flexibility index (Phi) is 7.98. The Balaban J connectivity index is 1.45. The van der Waals surface area contributed by atoms with E-state index < -0.39 is 0 Å². The molecule has 4 aromatic carbocycles. The van der Waals surface area contributed by atoms with E-state index in [1.54, 1.807) is 0 Å². The fourth-order valence-electron chi connectivity index (χ4n) is 3.93. The summed E-state index contributed by atoms with van der Waals surface area (Å²) in [5.41, 5.74) is 7.15. The zero-order valence-electron chi connectivity index (χ0n) is 20.5. The summed E-state index contributed by atoms with van der Waals surface area (Å²) >= 11 is 0. The number of aryl methyl sites for hydroxylation is 4. The van der Waals surface area contributed by atoms with Gasteiger partial charge in [-0.05, 0) is 85.3 Å². The van der Waals surface area contributed by atoms with E-state index in [-0.39, 0.29) is 12.1 Å². The van der Waals surface area contributed by atoms with Crippen molar-refractivity contribution < 1.29 is 9.59 Å². The van der Waals surface area contributed by atoms with Crippen LogP contribution in [0.1, 0.15) is 22.3 Å². The van der Waals surface area contributed by atoms with Crippen molar-refractivity contribution in [1.29, 1.82) is 0 Å². The van der Waals surface area contributed by atoms with Crippen LogP contribution < -0.4 is 21.3 Å². The highest BCUT2D eigenvalue weighted by molar-refractivity contribution is 6.01.